The van der Waals surface area contributed by atoms with Gasteiger partial charge in [0.15, 0.2) is 0 Å². The van der Waals surface area contributed by atoms with Crippen molar-refractivity contribution >= 4 is 5.78 Å². The third-order valence-corrected chi connectivity index (χ3v) is 3.10. The fourth-order valence-electron chi connectivity index (χ4n) is 1.97. The molecule has 1 fully saturated rings. The van der Waals surface area contributed by atoms with E-state index in [9.17, 15) is 13.6 Å². The second-order valence-electron chi connectivity index (χ2n) is 4.64. The van der Waals surface area contributed by atoms with Gasteiger partial charge in [0.05, 0.1) is 0 Å². The number of halogens is 2. The standard InChI is InChI=1S/C11H18F2O/c1-8-3-5-9(6-4-8)7-10(14)11(2,12)13/h8-9H,3-7H2,1-2H3. The SMILES string of the molecule is CC1CCC(CC(=O)C(C)(F)F)CC1. The van der Waals surface area contributed by atoms with E-state index in [1.807, 2.05) is 0 Å². The third-order valence-electron chi connectivity index (χ3n) is 3.10. The van der Waals surface area contributed by atoms with E-state index < -0.39 is 11.7 Å². The molecule has 0 heterocycles. The quantitative estimate of drug-likeness (QED) is 0.688. The lowest BCUT2D eigenvalue weighted by molar-refractivity contribution is -0.141. The van der Waals surface area contributed by atoms with Crippen LogP contribution in [0.2, 0.25) is 0 Å². The molecule has 0 unspecified atom stereocenters. The zero-order valence-electron chi connectivity index (χ0n) is 8.85. The van der Waals surface area contributed by atoms with Crippen molar-refractivity contribution in [1.29, 1.82) is 0 Å². The van der Waals surface area contributed by atoms with Crippen molar-refractivity contribution in [3.8, 4) is 0 Å². The van der Waals surface area contributed by atoms with Crippen LogP contribution < -0.4 is 0 Å². The van der Waals surface area contributed by atoms with Crippen LogP contribution in [0.3, 0.4) is 0 Å². The molecule has 0 aliphatic heterocycles. The molecule has 1 nitrogen and oxygen atoms in total. The molecule has 82 valence electrons. The molecule has 1 aliphatic carbocycles. The van der Waals surface area contributed by atoms with Crippen LogP contribution in [-0.4, -0.2) is 11.7 Å². The van der Waals surface area contributed by atoms with Crippen LogP contribution in [0.4, 0.5) is 8.78 Å². The Kier molecular flexibility index (Phi) is 3.62. The average molecular weight is 204 g/mol. The van der Waals surface area contributed by atoms with Crippen LogP contribution in [0.15, 0.2) is 0 Å². The van der Waals surface area contributed by atoms with Crippen molar-refractivity contribution in [2.75, 3.05) is 0 Å². The smallest absolute Gasteiger partial charge is 0.293 e. The van der Waals surface area contributed by atoms with Gasteiger partial charge in [-0.1, -0.05) is 19.8 Å². The van der Waals surface area contributed by atoms with Crippen molar-refractivity contribution in [3.63, 3.8) is 0 Å². The second-order valence-corrected chi connectivity index (χ2v) is 4.64. The molecule has 14 heavy (non-hydrogen) atoms. The first kappa shape index (κ1) is 11.6. The number of carbonyl (C=O) groups excluding carboxylic acids is 1. The third kappa shape index (κ3) is 3.35. The van der Waals surface area contributed by atoms with Gasteiger partial charge in [0.2, 0.25) is 5.78 Å². The zero-order chi connectivity index (χ0) is 10.8. The van der Waals surface area contributed by atoms with E-state index in [-0.39, 0.29) is 12.3 Å². The van der Waals surface area contributed by atoms with Gasteiger partial charge in [0, 0.05) is 13.3 Å². The highest BCUT2D eigenvalue weighted by Gasteiger charge is 2.34. The Morgan fingerprint density at radius 2 is 1.79 bits per heavy atom. The molecular formula is C11H18F2O. The Morgan fingerprint density at radius 3 is 2.21 bits per heavy atom. The molecule has 1 aliphatic rings. The summed E-state index contributed by atoms with van der Waals surface area (Å²) in [4.78, 5) is 11.1. The van der Waals surface area contributed by atoms with Gasteiger partial charge in [-0.3, -0.25) is 4.79 Å². The predicted octanol–water partition coefficient (Wildman–Crippen LogP) is 3.43. The van der Waals surface area contributed by atoms with Gasteiger partial charge in [0.25, 0.3) is 0 Å². The summed E-state index contributed by atoms with van der Waals surface area (Å²) in [6.45, 7) is 2.87. The van der Waals surface area contributed by atoms with Gasteiger partial charge < -0.3 is 0 Å². The number of Topliss-reactive ketones (excluding diaryl/α,β-unsaturated/α-hetero) is 1. The first-order valence-corrected chi connectivity index (χ1v) is 5.30. The van der Waals surface area contributed by atoms with Gasteiger partial charge in [0.1, 0.15) is 0 Å². The van der Waals surface area contributed by atoms with Crippen LogP contribution in [0.1, 0.15) is 46.0 Å². The summed E-state index contributed by atoms with van der Waals surface area (Å²) in [7, 11) is 0. The van der Waals surface area contributed by atoms with E-state index in [0.29, 0.717) is 12.8 Å². The van der Waals surface area contributed by atoms with Crippen molar-refractivity contribution < 1.29 is 13.6 Å². The molecule has 0 aromatic heterocycles. The number of alkyl halides is 2. The monoisotopic (exact) mass is 204 g/mol. The fraction of sp³-hybridized carbons (Fsp3) is 0.909. The van der Waals surface area contributed by atoms with Crippen molar-refractivity contribution in [3.05, 3.63) is 0 Å². The molecule has 0 aromatic carbocycles. The first-order chi connectivity index (χ1) is 6.39. The average Bonchev–Trinajstić information content (AvgIpc) is 2.07. The summed E-state index contributed by atoms with van der Waals surface area (Å²) in [6.07, 6.45) is 4.09. The number of hydrogen-bond donors (Lipinski definition) is 0. The largest absolute Gasteiger partial charge is 0.302 e. The zero-order valence-corrected chi connectivity index (χ0v) is 8.85. The van der Waals surface area contributed by atoms with Crippen LogP contribution in [0.25, 0.3) is 0 Å². The molecule has 0 amide bonds. The van der Waals surface area contributed by atoms with Crippen molar-refractivity contribution in [2.45, 2.75) is 51.9 Å². The summed E-state index contributed by atoms with van der Waals surface area (Å²) in [5.41, 5.74) is 0. The van der Waals surface area contributed by atoms with E-state index in [1.54, 1.807) is 0 Å². The molecule has 1 rings (SSSR count). The molecule has 0 N–H and O–H groups in total. The van der Waals surface area contributed by atoms with Gasteiger partial charge in [-0.05, 0) is 24.7 Å². The lowest BCUT2D eigenvalue weighted by atomic mass is 9.80. The number of hydrogen-bond acceptors (Lipinski definition) is 1. The maximum atomic E-state index is 12.6. The molecule has 0 atom stereocenters. The summed E-state index contributed by atoms with van der Waals surface area (Å²) in [6, 6.07) is 0. The van der Waals surface area contributed by atoms with E-state index in [2.05, 4.69) is 6.92 Å². The van der Waals surface area contributed by atoms with E-state index in [4.69, 9.17) is 0 Å². The van der Waals surface area contributed by atoms with Crippen LogP contribution in [0.5, 0.6) is 0 Å². The lowest BCUT2D eigenvalue weighted by Crippen LogP contribution is -2.27. The highest BCUT2D eigenvalue weighted by Crippen LogP contribution is 2.32. The normalized spacial score (nSPS) is 28.9. The number of carbonyl (C=O) groups is 1. The highest BCUT2D eigenvalue weighted by molar-refractivity contribution is 5.85. The van der Waals surface area contributed by atoms with Crippen molar-refractivity contribution in [2.24, 2.45) is 11.8 Å². The maximum Gasteiger partial charge on any atom is 0.302 e. The van der Waals surface area contributed by atoms with E-state index in [0.717, 1.165) is 25.7 Å². The van der Waals surface area contributed by atoms with E-state index >= 15 is 0 Å². The highest BCUT2D eigenvalue weighted by atomic mass is 19.3. The van der Waals surface area contributed by atoms with Crippen LogP contribution >= 0.6 is 0 Å². The van der Waals surface area contributed by atoms with Gasteiger partial charge >= 0.3 is 5.92 Å². The topological polar surface area (TPSA) is 17.1 Å². The Morgan fingerprint density at radius 1 is 1.29 bits per heavy atom. The van der Waals surface area contributed by atoms with E-state index in [1.165, 1.54) is 0 Å². The first-order valence-electron chi connectivity index (χ1n) is 5.30. The Hall–Kier alpha value is -0.470. The number of ketones is 1. The maximum absolute atomic E-state index is 12.6. The van der Waals surface area contributed by atoms with Crippen molar-refractivity contribution in [1.82, 2.24) is 0 Å². The summed E-state index contributed by atoms with van der Waals surface area (Å²) < 4.78 is 25.2. The Labute approximate surface area is 83.9 Å². The molecule has 0 bridgehead atoms. The fourth-order valence-corrected chi connectivity index (χ4v) is 1.97. The molecule has 0 aromatic rings. The lowest BCUT2D eigenvalue weighted by Gasteiger charge is -2.26. The minimum Gasteiger partial charge on any atom is -0.293 e. The number of rotatable bonds is 3. The summed E-state index contributed by atoms with van der Waals surface area (Å²) >= 11 is 0. The Bertz CT molecular complexity index is 200. The minimum atomic E-state index is -3.14. The molecule has 0 spiro atoms. The Balaban J connectivity index is 2.35. The van der Waals surface area contributed by atoms with Gasteiger partial charge in [-0.25, -0.2) is 0 Å². The predicted molar refractivity (Wildman–Crippen MR) is 51.4 cm³/mol. The molecule has 0 saturated heterocycles. The van der Waals surface area contributed by atoms with Gasteiger partial charge in [-0.2, -0.15) is 8.78 Å². The van der Waals surface area contributed by atoms with Crippen LogP contribution in [-0.2, 0) is 4.79 Å². The summed E-state index contributed by atoms with van der Waals surface area (Å²) in [5.74, 6) is -3.13. The minimum absolute atomic E-state index is 0.0657. The second kappa shape index (κ2) is 4.37. The van der Waals surface area contributed by atoms with Gasteiger partial charge in [-0.15, -0.1) is 0 Å². The summed E-state index contributed by atoms with van der Waals surface area (Å²) in [5, 5.41) is 0. The van der Waals surface area contributed by atoms with Crippen LogP contribution in [0, 0.1) is 11.8 Å². The molecule has 3 heteroatoms. The molecule has 1 saturated carbocycles. The molecule has 0 radical (unpaired) electrons. The molecular weight excluding hydrogens is 186 g/mol.